The molecule has 1 aromatic carbocycles. The normalized spacial score (nSPS) is 12.4. The monoisotopic (exact) mass is 265 g/mol. The van der Waals surface area contributed by atoms with E-state index in [1.807, 2.05) is 30.3 Å². The van der Waals surface area contributed by atoms with Crippen LogP contribution in [0.25, 0.3) is 0 Å². The Labute approximate surface area is 110 Å². The zero-order valence-corrected chi connectivity index (χ0v) is 10.9. The quantitative estimate of drug-likeness (QED) is 0.913. The topological polar surface area (TPSA) is 33.1 Å². The maximum absolute atomic E-state index is 9.69. The zero-order chi connectivity index (χ0) is 12.3. The minimum Gasteiger partial charge on any atom is -0.389 e. The number of aliphatic hydroxyl groups is 1. The fraction of sp³-hybridized carbons (Fsp3) is 0.154. The molecule has 0 unspecified atom stereocenters. The molecule has 1 N–H and O–H groups in total. The van der Waals surface area contributed by atoms with E-state index >= 15 is 0 Å². The van der Waals surface area contributed by atoms with Crippen LogP contribution in [-0.2, 0) is 0 Å². The van der Waals surface area contributed by atoms with Gasteiger partial charge in [-0.3, -0.25) is 0 Å². The van der Waals surface area contributed by atoms with Crippen molar-refractivity contribution < 1.29 is 5.11 Å². The van der Waals surface area contributed by atoms with Gasteiger partial charge >= 0.3 is 0 Å². The summed E-state index contributed by atoms with van der Waals surface area (Å²) >= 11 is 7.53. The van der Waals surface area contributed by atoms with Crippen LogP contribution >= 0.6 is 23.4 Å². The highest BCUT2D eigenvalue weighted by Crippen LogP contribution is 2.35. The first-order valence-electron chi connectivity index (χ1n) is 5.24. The van der Waals surface area contributed by atoms with Crippen LogP contribution in [0.15, 0.2) is 52.5 Å². The Morgan fingerprint density at radius 1 is 1.24 bits per heavy atom. The molecule has 0 radical (unpaired) electrons. The van der Waals surface area contributed by atoms with Crippen molar-refractivity contribution in [2.24, 2.45) is 0 Å². The van der Waals surface area contributed by atoms with Gasteiger partial charge in [-0.1, -0.05) is 41.6 Å². The van der Waals surface area contributed by atoms with E-state index in [1.54, 1.807) is 19.2 Å². The van der Waals surface area contributed by atoms with E-state index in [9.17, 15) is 5.11 Å². The third-order valence-corrected chi connectivity index (χ3v) is 3.83. The van der Waals surface area contributed by atoms with Crippen molar-refractivity contribution in [3.8, 4) is 0 Å². The van der Waals surface area contributed by atoms with Gasteiger partial charge in [0.05, 0.1) is 11.1 Å². The summed E-state index contributed by atoms with van der Waals surface area (Å²) in [4.78, 5) is 5.20. The van der Waals surface area contributed by atoms with Crippen molar-refractivity contribution in [1.82, 2.24) is 4.98 Å². The Morgan fingerprint density at radius 3 is 2.71 bits per heavy atom. The molecule has 0 fully saturated rings. The fourth-order valence-electron chi connectivity index (χ4n) is 1.47. The van der Waals surface area contributed by atoms with Crippen LogP contribution in [0.3, 0.4) is 0 Å². The van der Waals surface area contributed by atoms with Gasteiger partial charge in [0.15, 0.2) is 0 Å². The second kappa shape index (κ2) is 5.54. The molecule has 2 rings (SSSR count). The second-order valence-corrected chi connectivity index (χ2v) is 5.04. The number of rotatable bonds is 3. The first-order chi connectivity index (χ1) is 8.18. The van der Waals surface area contributed by atoms with Gasteiger partial charge in [0.2, 0.25) is 0 Å². The lowest BCUT2D eigenvalue weighted by Gasteiger charge is -2.11. The molecule has 0 spiro atoms. The van der Waals surface area contributed by atoms with Crippen LogP contribution in [0.4, 0.5) is 0 Å². The van der Waals surface area contributed by atoms with Crippen molar-refractivity contribution in [2.45, 2.75) is 22.9 Å². The molecular weight excluding hydrogens is 254 g/mol. The van der Waals surface area contributed by atoms with E-state index in [4.69, 9.17) is 11.6 Å². The summed E-state index contributed by atoms with van der Waals surface area (Å²) in [6, 6.07) is 11.3. The smallest absolute Gasteiger partial charge is 0.119 e. The molecule has 4 heteroatoms. The number of hydrogen-bond acceptors (Lipinski definition) is 3. The molecule has 1 aromatic heterocycles. The Hall–Kier alpha value is -1.03. The lowest BCUT2D eigenvalue weighted by atomic mass is 10.1. The van der Waals surface area contributed by atoms with Crippen LogP contribution in [0.2, 0.25) is 5.02 Å². The first-order valence-corrected chi connectivity index (χ1v) is 6.43. The van der Waals surface area contributed by atoms with E-state index in [0.717, 1.165) is 15.5 Å². The van der Waals surface area contributed by atoms with Gasteiger partial charge in [0, 0.05) is 11.1 Å². The van der Waals surface area contributed by atoms with Crippen LogP contribution in [-0.4, -0.2) is 10.1 Å². The molecule has 0 saturated carbocycles. The Kier molecular flexibility index (Phi) is 4.05. The average molecular weight is 266 g/mol. The largest absolute Gasteiger partial charge is 0.389 e. The first kappa shape index (κ1) is 12.4. The summed E-state index contributed by atoms with van der Waals surface area (Å²) in [7, 11) is 0. The Bertz CT molecular complexity index is 516. The van der Waals surface area contributed by atoms with Gasteiger partial charge in [0.25, 0.3) is 0 Å². The molecule has 1 atom stereocenters. The van der Waals surface area contributed by atoms with Crippen LogP contribution in [0.1, 0.15) is 18.6 Å². The van der Waals surface area contributed by atoms with Crippen molar-refractivity contribution in [2.75, 3.05) is 0 Å². The van der Waals surface area contributed by atoms with Crippen molar-refractivity contribution in [3.63, 3.8) is 0 Å². The molecule has 0 amide bonds. The predicted molar refractivity (Wildman–Crippen MR) is 70.4 cm³/mol. The van der Waals surface area contributed by atoms with E-state index < -0.39 is 6.10 Å². The van der Waals surface area contributed by atoms with Crippen molar-refractivity contribution in [3.05, 3.63) is 53.2 Å². The van der Waals surface area contributed by atoms with Crippen LogP contribution < -0.4 is 0 Å². The lowest BCUT2D eigenvalue weighted by Crippen LogP contribution is -1.93. The third kappa shape index (κ3) is 3.00. The highest BCUT2D eigenvalue weighted by atomic mass is 35.5. The van der Waals surface area contributed by atoms with E-state index in [0.29, 0.717) is 5.02 Å². The molecule has 0 bridgehead atoms. The van der Waals surface area contributed by atoms with Gasteiger partial charge in [-0.05, 0) is 30.7 Å². The summed E-state index contributed by atoms with van der Waals surface area (Å²) in [6.45, 7) is 1.75. The molecular formula is C13H12ClNOS. The van der Waals surface area contributed by atoms with Crippen molar-refractivity contribution >= 4 is 23.4 Å². The van der Waals surface area contributed by atoms with Crippen molar-refractivity contribution in [1.29, 1.82) is 0 Å². The molecule has 88 valence electrons. The minimum atomic E-state index is -0.499. The van der Waals surface area contributed by atoms with Gasteiger partial charge in [0.1, 0.15) is 5.03 Å². The predicted octanol–water partition coefficient (Wildman–Crippen LogP) is 3.94. The molecule has 1 heterocycles. The van der Waals surface area contributed by atoms with Gasteiger partial charge in [-0.15, -0.1) is 0 Å². The SMILES string of the molecule is C[C@@H](O)c1ccccc1Sc1ncccc1Cl. The zero-order valence-electron chi connectivity index (χ0n) is 9.30. The number of benzene rings is 1. The van der Waals surface area contributed by atoms with Crippen LogP contribution in [0, 0.1) is 0 Å². The summed E-state index contributed by atoms with van der Waals surface area (Å²) < 4.78 is 0. The summed E-state index contributed by atoms with van der Waals surface area (Å²) in [5.41, 5.74) is 0.888. The molecule has 2 nitrogen and oxygen atoms in total. The minimum absolute atomic E-state index is 0.499. The molecule has 17 heavy (non-hydrogen) atoms. The highest BCUT2D eigenvalue weighted by molar-refractivity contribution is 7.99. The third-order valence-electron chi connectivity index (χ3n) is 2.30. The van der Waals surface area contributed by atoms with Gasteiger partial charge in [-0.25, -0.2) is 4.98 Å². The van der Waals surface area contributed by atoms with Gasteiger partial charge < -0.3 is 5.11 Å². The second-order valence-electron chi connectivity index (χ2n) is 3.61. The number of halogens is 1. The molecule has 0 saturated heterocycles. The van der Waals surface area contributed by atoms with E-state index in [2.05, 4.69) is 4.98 Å². The Morgan fingerprint density at radius 2 is 2.00 bits per heavy atom. The number of pyridine rings is 1. The van der Waals surface area contributed by atoms with Crippen LogP contribution in [0.5, 0.6) is 0 Å². The molecule has 0 aliphatic rings. The number of nitrogens with zero attached hydrogens (tertiary/aromatic N) is 1. The Balaban J connectivity index is 2.34. The highest BCUT2D eigenvalue weighted by Gasteiger charge is 2.10. The standard InChI is InChI=1S/C13H12ClNOS/c1-9(16)10-5-2-3-7-12(10)17-13-11(14)6-4-8-15-13/h2-9,16H,1H3/t9-/m1/s1. The number of aliphatic hydroxyl groups excluding tert-OH is 1. The maximum Gasteiger partial charge on any atom is 0.119 e. The average Bonchev–Trinajstić information content (AvgIpc) is 2.32. The molecule has 2 aromatic rings. The summed E-state index contributed by atoms with van der Waals surface area (Å²) in [5.74, 6) is 0. The maximum atomic E-state index is 9.69. The molecule has 0 aliphatic heterocycles. The van der Waals surface area contributed by atoms with Gasteiger partial charge in [-0.2, -0.15) is 0 Å². The van der Waals surface area contributed by atoms with E-state index in [-0.39, 0.29) is 0 Å². The van der Waals surface area contributed by atoms with E-state index in [1.165, 1.54) is 11.8 Å². The fourth-order valence-corrected chi connectivity index (χ4v) is 2.70. The lowest BCUT2D eigenvalue weighted by molar-refractivity contribution is 0.196. The number of hydrogen-bond donors (Lipinski definition) is 1. The summed E-state index contributed by atoms with van der Waals surface area (Å²) in [5, 5.41) is 11.1. The number of aromatic nitrogens is 1. The molecule has 0 aliphatic carbocycles. The summed E-state index contributed by atoms with van der Waals surface area (Å²) in [6.07, 6.45) is 1.21.